The first-order valence-electron chi connectivity index (χ1n) is 6.22. The van der Waals surface area contributed by atoms with Gasteiger partial charge in [-0.15, -0.1) is 0 Å². The van der Waals surface area contributed by atoms with Crippen molar-refractivity contribution >= 4 is 28.3 Å². The topological polar surface area (TPSA) is 42.1 Å². The van der Waals surface area contributed by atoms with Gasteiger partial charge >= 0.3 is 0 Å². The third kappa shape index (κ3) is 2.53. The van der Waals surface area contributed by atoms with Gasteiger partial charge in [0.05, 0.1) is 0 Å². The Morgan fingerprint density at radius 3 is 2.85 bits per heavy atom. The van der Waals surface area contributed by atoms with Gasteiger partial charge in [-0.3, -0.25) is 4.79 Å². The van der Waals surface area contributed by atoms with Gasteiger partial charge in [0.25, 0.3) is 0 Å². The highest BCUT2D eigenvalue weighted by atomic mass is 35.5. The molecule has 0 bridgehead atoms. The molecule has 20 heavy (non-hydrogen) atoms. The Balaban J connectivity index is 1.76. The van der Waals surface area contributed by atoms with Gasteiger partial charge in [-0.25, -0.2) is 0 Å². The fourth-order valence-electron chi connectivity index (χ4n) is 2.09. The van der Waals surface area contributed by atoms with E-state index >= 15 is 0 Å². The Morgan fingerprint density at radius 2 is 2.00 bits per heavy atom. The number of nitrogens with one attached hydrogen (secondary N) is 1. The minimum atomic E-state index is -0.0672. The number of ketones is 1. The first-order valence-corrected chi connectivity index (χ1v) is 6.59. The monoisotopic (exact) mass is 285 g/mol. The van der Waals surface area contributed by atoms with Crippen molar-refractivity contribution < 1.29 is 9.53 Å². The average Bonchev–Trinajstić information content (AvgIpc) is 2.89. The number of halogens is 1. The Hall–Kier alpha value is -2.26. The molecule has 1 N–H and O–H groups in total. The summed E-state index contributed by atoms with van der Waals surface area (Å²) < 4.78 is 5.47. The van der Waals surface area contributed by atoms with Crippen LogP contribution in [0.1, 0.15) is 10.4 Å². The molecular weight excluding hydrogens is 274 g/mol. The van der Waals surface area contributed by atoms with Crippen LogP contribution in [-0.4, -0.2) is 17.4 Å². The summed E-state index contributed by atoms with van der Waals surface area (Å²) in [7, 11) is 0. The summed E-state index contributed by atoms with van der Waals surface area (Å²) in [4.78, 5) is 15.3. The smallest absolute Gasteiger partial charge is 0.202 e. The molecule has 0 radical (unpaired) electrons. The quantitative estimate of drug-likeness (QED) is 0.734. The lowest BCUT2D eigenvalue weighted by molar-refractivity contribution is 0.0923. The predicted molar refractivity (Wildman–Crippen MR) is 79.6 cm³/mol. The first-order chi connectivity index (χ1) is 9.74. The number of para-hydroxylation sites is 1. The van der Waals surface area contributed by atoms with Gasteiger partial charge in [0, 0.05) is 27.7 Å². The highest BCUT2D eigenvalue weighted by Gasteiger charge is 2.12. The van der Waals surface area contributed by atoms with Crippen LogP contribution >= 0.6 is 11.6 Å². The van der Waals surface area contributed by atoms with Crippen molar-refractivity contribution in [3.63, 3.8) is 0 Å². The number of carbonyl (C=O) groups excluding carboxylic acids is 1. The second-order valence-corrected chi connectivity index (χ2v) is 4.85. The second kappa shape index (κ2) is 5.39. The zero-order valence-corrected chi connectivity index (χ0v) is 11.4. The van der Waals surface area contributed by atoms with Crippen molar-refractivity contribution in [3.05, 3.63) is 65.3 Å². The summed E-state index contributed by atoms with van der Waals surface area (Å²) in [5.74, 6) is 0.521. The van der Waals surface area contributed by atoms with Crippen molar-refractivity contribution in [2.45, 2.75) is 0 Å². The summed E-state index contributed by atoms with van der Waals surface area (Å²) in [6.45, 7) is -0.0117. The SMILES string of the molecule is O=C(COc1cccc(Cl)c1)c1c[nH]c2ccccc12. The summed E-state index contributed by atoms with van der Waals surface area (Å²) in [5.41, 5.74) is 1.58. The number of hydrogen-bond donors (Lipinski definition) is 1. The fourth-order valence-corrected chi connectivity index (χ4v) is 2.27. The second-order valence-electron chi connectivity index (χ2n) is 4.42. The molecule has 100 valence electrons. The first kappa shape index (κ1) is 12.8. The molecule has 0 aliphatic rings. The minimum Gasteiger partial charge on any atom is -0.485 e. The maximum absolute atomic E-state index is 12.2. The number of H-pyrrole nitrogens is 1. The summed E-state index contributed by atoms with van der Waals surface area (Å²) in [5, 5.41) is 1.49. The molecule has 0 amide bonds. The van der Waals surface area contributed by atoms with Gasteiger partial charge in [0.2, 0.25) is 5.78 Å². The number of aromatic nitrogens is 1. The van der Waals surface area contributed by atoms with E-state index < -0.39 is 0 Å². The molecule has 3 aromatic rings. The van der Waals surface area contributed by atoms with Crippen LogP contribution < -0.4 is 4.74 Å². The number of benzene rings is 2. The van der Waals surface area contributed by atoms with Crippen LogP contribution in [0.25, 0.3) is 10.9 Å². The molecule has 0 aliphatic heterocycles. The highest BCUT2D eigenvalue weighted by molar-refractivity contribution is 6.30. The number of ether oxygens (including phenoxy) is 1. The van der Waals surface area contributed by atoms with E-state index in [2.05, 4.69) is 4.98 Å². The largest absolute Gasteiger partial charge is 0.485 e. The van der Waals surface area contributed by atoms with E-state index in [1.165, 1.54) is 0 Å². The molecular formula is C16H12ClNO2. The van der Waals surface area contributed by atoms with E-state index in [4.69, 9.17) is 16.3 Å². The summed E-state index contributed by atoms with van der Waals surface area (Å²) >= 11 is 5.87. The lowest BCUT2D eigenvalue weighted by atomic mass is 10.1. The lowest BCUT2D eigenvalue weighted by Crippen LogP contribution is -2.11. The average molecular weight is 286 g/mol. The number of carbonyl (C=O) groups is 1. The maximum atomic E-state index is 12.2. The predicted octanol–water partition coefficient (Wildman–Crippen LogP) is 4.08. The van der Waals surface area contributed by atoms with Crippen LogP contribution in [0.15, 0.2) is 54.7 Å². The summed E-state index contributed by atoms with van der Waals surface area (Å²) in [6, 6.07) is 14.7. The molecule has 1 heterocycles. The molecule has 3 nitrogen and oxygen atoms in total. The molecule has 0 spiro atoms. The highest BCUT2D eigenvalue weighted by Crippen LogP contribution is 2.20. The normalized spacial score (nSPS) is 10.7. The zero-order chi connectivity index (χ0) is 13.9. The van der Waals surface area contributed by atoms with Crippen LogP contribution in [0.3, 0.4) is 0 Å². The van der Waals surface area contributed by atoms with Gasteiger partial charge in [-0.2, -0.15) is 0 Å². The summed E-state index contributed by atoms with van der Waals surface area (Å²) in [6.07, 6.45) is 1.72. The molecule has 0 saturated carbocycles. The molecule has 0 aliphatic carbocycles. The number of Topliss-reactive ketones (excluding diaryl/α,β-unsaturated/α-hetero) is 1. The van der Waals surface area contributed by atoms with Crippen molar-refractivity contribution in [3.8, 4) is 5.75 Å². The van der Waals surface area contributed by atoms with Crippen LogP contribution in [-0.2, 0) is 0 Å². The van der Waals surface area contributed by atoms with Crippen molar-refractivity contribution in [2.75, 3.05) is 6.61 Å². The lowest BCUT2D eigenvalue weighted by Gasteiger charge is -2.05. The third-order valence-corrected chi connectivity index (χ3v) is 3.29. The standard InChI is InChI=1S/C16H12ClNO2/c17-11-4-3-5-12(8-11)20-10-16(19)14-9-18-15-7-2-1-6-13(14)15/h1-9,18H,10H2. The zero-order valence-electron chi connectivity index (χ0n) is 10.6. The third-order valence-electron chi connectivity index (χ3n) is 3.06. The van der Waals surface area contributed by atoms with E-state index in [1.807, 2.05) is 24.3 Å². The fraction of sp³-hybridized carbons (Fsp3) is 0.0625. The van der Waals surface area contributed by atoms with Crippen LogP contribution in [0, 0.1) is 0 Å². The number of fused-ring (bicyclic) bond motifs is 1. The number of aromatic amines is 1. The van der Waals surface area contributed by atoms with Gasteiger partial charge in [-0.1, -0.05) is 35.9 Å². The van der Waals surface area contributed by atoms with E-state index in [1.54, 1.807) is 30.5 Å². The van der Waals surface area contributed by atoms with Crippen molar-refractivity contribution in [2.24, 2.45) is 0 Å². The maximum Gasteiger partial charge on any atom is 0.202 e. The number of hydrogen-bond acceptors (Lipinski definition) is 2. The Labute approximate surface area is 121 Å². The molecule has 1 aromatic heterocycles. The van der Waals surface area contributed by atoms with Gasteiger partial charge < -0.3 is 9.72 Å². The van der Waals surface area contributed by atoms with Crippen molar-refractivity contribution in [1.82, 2.24) is 4.98 Å². The Morgan fingerprint density at radius 1 is 1.15 bits per heavy atom. The molecule has 0 saturated heterocycles. The molecule has 2 aromatic carbocycles. The van der Waals surface area contributed by atoms with Gasteiger partial charge in [-0.05, 0) is 24.3 Å². The van der Waals surface area contributed by atoms with Crippen LogP contribution in [0.2, 0.25) is 5.02 Å². The van der Waals surface area contributed by atoms with Crippen LogP contribution in [0.5, 0.6) is 5.75 Å². The van der Waals surface area contributed by atoms with Gasteiger partial charge in [0.15, 0.2) is 6.61 Å². The van der Waals surface area contributed by atoms with E-state index in [0.717, 1.165) is 10.9 Å². The minimum absolute atomic E-state index is 0.0117. The van der Waals surface area contributed by atoms with Gasteiger partial charge in [0.1, 0.15) is 5.75 Å². The molecule has 0 fully saturated rings. The molecule has 4 heteroatoms. The van der Waals surface area contributed by atoms with E-state index in [9.17, 15) is 4.79 Å². The Kier molecular flexibility index (Phi) is 3.44. The molecule has 0 atom stereocenters. The van der Waals surface area contributed by atoms with E-state index in [-0.39, 0.29) is 12.4 Å². The Bertz CT molecular complexity index is 764. The van der Waals surface area contributed by atoms with Crippen molar-refractivity contribution in [1.29, 1.82) is 0 Å². The number of rotatable bonds is 4. The van der Waals surface area contributed by atoms with Crippen LogP contribution in [0.4, 0.5) is 0 Å². The molecule has 3 rings (SSSR count). The van der Waals surface area contributed by atoms with E-state index in [0.29, 0.717) is 16.3 Å². The molecule has 0 unspecified atom stereocenters.